The van der Waals surface area contributed by atoms with Crippen LogP contribution >= 0.6 is 0 Å². The van der Waals surface area contributed by atoms with E-state index in [0.717, 1.165) is 122 Å². The van der Waals surface area contributed by atoms with Gasteiger partial charge in [0.2, 0.25) is 0 Å². The highest BCUT2D eigenvalue weighted by Crippen LogP contribution is 2.18. The fourth-order valence-electron chi connectivity index (χ4n) is 9.96. The predicted molar refractivity (Wildman–Crippen MR) is 353 cm³/mol. The molecule has 466 valence electrons. The van der Waals surface area contributed by atoms with Crippen molar-refractivity contribution in [1.82, 2.24) is 0 Å². The SMILES string of the molecule is CC/C=C\C/C=C\C/C=C\C/C=C\CCCCCCCCC(=O)OC(COC(=O)CCCC/C=C\C/C=C\C/C=C\C/C=C\CC)COC(=O)CCCCCCCCCCCCCCCCCCCCCCCCCCCCCCC. The Morgan fingerprint density at radius 3 is 0.778 bits per heavy atom. The van der Waals surface area contributed by atoms with Crippen LogP contribution in [-0.2, 0) is 28.6 Å². The summed E-state index contributed by atoms with van der Waals surface area (Å²) in [6.07, 6.45) is 93.1. The second kappa shape index (κ2) is 68.8. The van der Waals surface area contributed by atoms with Gasteiger partial charge in [0.25, 0.3) is 0 Å². The van der Waals surface area contributed by atoms with Crippen LogP contribution < -0.4 is 0 Å². The standard InChI is InChI=1S/C75H130O6/c1-4-7-10-13-16-19-22-25-28-30-32-33-34-35-36-37-38-39-40-41-43-44-47-50-53-56-59-62-65-68-74(77)80-71-72(70-79-73(76)67-64-61-58-55-52-49-46-27-24-21-18-15-12-9-6-3)81-75(78)69-66-63-60-57-54-51-48-45-42-31-29-26-23-20-17-14-11-8-5-2/h8-9,11-12,17-18,20-21,26-27,29,42,45-46,52,55,72H,4-7,10,13-16,19,22-25,28,30-41,43-44,47-51,53-54,56-71H2,1-3H3/b11-8-,12-9-,20-17-,21-18-,29-26-,45-42-,46-27-,55-52-. The molecule has 0 saturated heterocycles. The van der Waals surface area contributed by atoms with Crippen molar-refractivity contribution in [1.29, 1.82) is 0 Å². The molecule has 0 aliphatic carbocycles. The van der Waals surface area contributed by atoms with Gasteiger partial charge in [-0.25, -0.2) is 0 Å². The minimum atomic E-state index is -0.804. The summed E-state index contributed by atoms with van der Waals surface area (Å²) in [5.74, 6) is -0.939. The molecule has 0 saturated carbocycles. The third kappa shape index (κ3) is 67.0. The van der Waals surface area contributed by atoms with Crippen LogP contribution in [0.3, 0.4) is 0 Å². The van der Waals surface area contributed by atoms with E-state index in [2.05, 4.69) is 118 Å². The first-order valence-corrected chi connectivity index (χ1v) is 34.7. The van der Waals surface area contributed by atoms with Gasteiger partial charge in [0.05, 0.1) is 0 Å². The van der Waals surface area contributed by atoms with Gasteiger partial charge in [-0.3, -0.25) is 14.4 Å². The molecule has 0 rings (SSSR count). The van der Waals surface area contributed by atoms with E-state index < -0.39 is 6.10 Å². The zero-order valence-electron chi connectivity index (χ0n) is 53.5. The first-order chi connectivity index (χ1) is 40.0. The number of allylic oxidation sites excluding steroid dienone is 16. The highest BCUT2D eigenvalue weighted by molar-refractivity contribution is 5.71. The smallest absolute Gasteiger partial charge is 0.306 e. The van der Waals surface area contributed by atoms with Crippen LogP contribution in [-0.4, -0.2) is 37.2 Å². The summed E-state index contributed by atoms with van der Waals surface area (Å²) in [5, 5.41) is 0. The fourth-order valence-corrected chi connectivity index (χ4v) is 9.96. The van der Waals surface area contributed by atoms with E-state index in [9.17, 15) is 14.4 Å². The van der Waals surface area contributed by atoms with Gasteiger partial charge in [0.15, 0.2) is 6.10 Å². The van der Waals surface area contributed by atoms with E-state index in [0.29, 0.717) is 19.3 Å². The largest absolute Gasteiger partial charge is 0.462 e. The van der Waals surface area contributed by atoms with Crippen LogP contribution in [0.15, 0.2) is 97.2 Å². The topological polar surface area (TPSA) is 78.9 Å². The highest BCUT2D eigenvalue weighted by atomic mass is 16.6. The molecule has 0 heterocycles. The van der Waals surface area contributed by atoms with E-state index >= 15 is 0 Å². The molecule has 0 radical (unpaired) electrons. The summed E-state index contributed by atoms with van der Waals surface area (Å²) in [7, 11) is 0. The fraction of sp³-hybridized carbons (Fsp3) is 0.747. The van der Waals surface area contributed by atoms with Gasteiger partial charge in [-0.05, 0) is 96.3 Å². The summed E-state index contributed by atoms with van der Waals surface area (Å²) in [5.41, 5.74) is 0. The van der Waals surface area contributed by atoms with Crippen LogP contribution in [0.5, 0.6) is 0 Å². The van der Waals surface area contributed by atoms with Crippen LogP contribution in [0.2, 0.25) is 0 Å². The highest BCUT2D eigenvalue weighted by Gasteiger charge is 2.19. The van der Waals surface area contributed by atoms with E-state index in [1.54, 1.807) is 0 Å². The number of carbonyl (C=O) groups is 3. The first-order valence-electron chi connectivity index (χ1n) is 34.7. The molecule has 0 aliphatic rings. The van der Waals surface area contributed by atoms with Gasteiger partial charge >= 0.3 is 17.9 Å². The number of unbranched alkanes of at least 4 members (excludes halogenated alkanes) is 36. The number of rotatable bonds is 63. The Bertz CT molecular complexity index is 1580. The number of ether oxygens (including phenoxy) is 3. The van der Waals surface area contributed by atoms with Gasteiger partial charge in [-0.15, -0.1) is 0 Å². The van der Waals surface area contributed by atoms with Gasteiger partial charge in [0, 0.05) is 19.3 Å². The molecule has 1 atom stereocenters. The molecule has 0 fully saturated rings. The number of hydrogen-bond donors (Lipinski definition) is 0. The molecular weight excluding hydrogens is 997 g/mol. The molecule has 6 nitrogen and oxygen atoms in total. The lowest BCUT2D eigenvalue weighted by molar-refractivity contribution is -0.167. The summed E-state index contributed by atoms with van der Waals surface area (Å²) in [6, 6.07) is 0. The van der Waals surface area contributed by atoms with E-state index in [1.807, 2.05) is 0 Å². The zero-order chi connectivity index (χ0) is 58.5. The maximum Gasteiger partial charge on any atom is 0.306 e. The number of carbonyl (C=O) groups excluding carboxylic acids is 3. The van der Waals surface area contributed by atoms with Crippen molar-refractivity contribution in [2.45, 2.75) is 348 Å². The Hall–Kier alpha value is -3.67. The number of esters is 3. The molecule has 0 aromatic carbocycles. The molecule has 6 heteroatoms. The maximum absolute atomic E-state index is 12.9. The van der Waals surface area contributed by atoms with Crippen molar-refractivity contribution in [2.75, 3.05) is 13.2 Å². The first kappa shape index (κ1) is 77.3. The minimum absolute atomic E-state index is 0.0947. The van der Waals surface area contributed by atoms with Crippen molar-refractivity contribution >= 4 is 17.9 Å². The molecular formula is C75H130O6. The predicted octanol–water partition coefficient (Wildman–Crippen LogP) is 24.0. The average molecular weight is 1130 g/mol. The van der Waals surface area contributed by atoms with Crippen LogP contribution in [0.1, 0.15) is 342 Å². The van der Waals surface area contributed by atoms with Gasteiger partial charge in [-0.2, -0.15) is 0 Å². The third-order valence-electron chi connectivity index (χ3n) is 15.1. The Balaban J connectivity index is 4.28. The van der Waals surface area contributed by atoms with Crippen molar-refractivity contribution < 1.29 is 28.6 Å². The van der Waals surface area contributed by atoms with Crippen molar-refractivity contribution in [3.8, 4) is 0 Å². The Kier molecular flexibility index (Phi) is 65.7. The summed E-state index contributed by atoms with van der Waals surface area (Å²) in [4.78, 5) is 38.4. The monoisotopic (exact) mass is 1130 g/mol. The third-order valence-corrected chi connectivity index (χ3v) is 15.1. The quantitative estimate of drug-likeness (QED) is 0.0261. The molecule has 0 aliphatic heterocycles. The van der Waals surface area contributed by atoms with Crippen LogP contribution in [0.4, 0.5) is 0 Å². The zero-order valence-corrected chi connectivity index (χ0v) is 53.5. The van der Waals surface area contributed by atoms with E-state index in [1.165, 1.54) is 180 Å². The van der Waals surface area contributed by atoms with Crippen molar-refractivity contribution in [2.24, 2.45) is 0 Å². The lowest BCUT2D eigenvalue weighted by Crippen LogP contribution is -2.30. The molecule has 81 heavy (non-hydrogen) atoms. The molecule has 0 N–H and O–H groups in total. The second-order valence-electron chi connectivity index (χ2n) is 23.0. The normalized spacial score (nSPS) is 12.7. The average Bonchev–Trinajstić information content (AvgIpc) is 3.47. The summed E-state index contributed by atoms with van der Waals surface area (Å²) in [6.45, 7) is 6.41. The molecule has 0 spiro atoms. The van der Waals surface area contributed by atoms with Crippen molar-refractivity contribution in [3.63, 3.8) is 0 Å². The Labute approximate surface area is 502 Å². The lowest BCUT2D eigenvalue weighted by Gasteiger charge is -2.18. The second-order valence-corrected chi connectivity index (χ2v) is 23.0. The molecule has 0 amide bonds. The van der Waals surface area contributed by atoms with Gasteiger partial charge < -0.3 is 14.2 Å². The lowest BCUT2D eigenvalue weighted by atomic mass is 10.0. The van der Waals surface area contributed by atoms with E-state index in [4.69, 9.17) is 14.2 Å². The molecule has 0 aromatic rings. The molecule has 0 bridgehead atoms. The van der Waals surface area contributed by atoms with Crippen molar-refractivity contribution in [3.05, 3.63) is 97.2 Å². The number of hydrogen-bond acceptors (Lipinski definition) is 6. The summed E-state index contributed by atoms with van der Waals surface area (Å²) >= 11 is 0. The minimum Gasteiger partial charge on any atom is -0.462 e. The summed E-state index contributed by atoms with van der Waals surface area (Å²) < 4.78 is 16.9. The maximum atomic E-state index is 12.9. The van der Waals surface area contributed by atoms with Gasteiger partial charge in [-0.1, -0.05) is 323 Å². The Morgan fingerprint density at radius 2 is 0.481 bits per heavy atom. The van der Waals surface area contributed by atoms with E-state index in [-0.39, 0.29) is 31.1 Å². The van der Waals surface area contributed by atoms with Crippen LogP contribution in [0, 0.1) is 0 Å². The molecule has 1 unspecified atom stereocenters. The van der Waals surface area contributed by atoms with Gasteiger partial charge in [0.1, 0.15) is 13.2 Å². The van der Waals surface area contributed by atoms with Crippen LogP contribution in [0.25, 0.3) is 0 Å². The molecule has 0 aromatic heterocycles. The Morgan fingerprint density at radius 1 is 0.259 bits per heavy atom.